The number of hydrogen-bond acceptors (Lipinski definition) is 9. The van der Waals surface area contributed by atoms with Crippen LogP contribution < -0.4 is 10.1 Å². The van der Waals surface area contributed by atoms with E-state index < -0.39 is 0 Å². The first-order valence-electron chi connectivity index (χ1n) is 10.6. The quantitative estimate of drug-likeness (QED) is 0.223. The predicted molar refractivity (Wildman–Crippen MR) is 135 cm³/mol. The molecule has 2 heterocycles. The van der Waals surface area contributed by atoms with Crippen molar-refractivity contribution in [2.45, 2.75) is 11.7 Å². The second kappa shape index (κ2) is 12.1. The van der Waals surface area contributed by atoms with E-state index in [0.29, 0.717) is 18.3 Å². The molecule has 0 amide bonds. The summed E-state index contributed by atoms with van der Waals surface area (Å²) in [6, 6.07) is 27.6. The van der Waals surface area contributed by atoms with E-state index in [9.17, 15) is 0 Å². The van der Waals surface area contributed by atoms with E-state index in [1.807, 2.05) is 84.9 Å². The van der Waals surface area contributed by atoms with Crippen molar-refractivity contribution < 1.29 is 4.74 Å². The zero-order valence-electron chi connectivity index (χ0n) is 18.5. The highest BCUT2D eigenvalue weighted by molar-refractivity contribution is 7.99. The fourth-order valence-electron chi connectivity index (χ4n) is 3.25. The Hall–Kier alpha value is -3.80. The van der Waals surface area contributed by atoms with Crippen molar-refractivity contribution in [2.24, 2.45) is 0 Å². The molecule has 5 aromatic rings. The number of ether oxygens (including phenoxy) is 1. The third-order valence-corrected chi connectivity index (χ3v) is 5.75. The summed E-state index contributed by atoms with van der Waals surface area (Å²) in [5.41, 5.74) is 2.87. The zero-order valence-corrected chi connectivity index (χ0v) is 20.1. The molecular weight excluding hydrogens is 486 g/mol. The highest BCUT2D eigenvalue weighted by Gasteiger charge is 2.11. The number of hydrogen-bond donors (Lipinski definition) is 1. The predicted octanol–water partition coefficient (Wildman–Crippen LogP) is 3.73. The lowest BCUT2D eigenvalue weighted by atomic mass is 10.2. The first-order chi connectivity index (χ1) is 16.9. The fraction of sp³-hybridized carbons (Fsp3) is 0.130. The van der Waals surface area contributed by atoms with Crippen LogP contribution in [0.5, 0.6) is 11.8 Å². The van der Waals surface area contributed by atoms with Crippen LogP contribution in [-0.2, 0) is 6.54 Å². The smallest absolute Gasteiger partial charge is 0.345 e. The Morgan fingerprint density at radius 1 is 0.771 bits per heavy atom. The maximum Gasteiger partial charge on any atom is 0.345 e. The highest BCUT2D eigenvalue weighted by Crippen LogP contribution is 2.22. The Labute approximate surface area is 212 Å². The summed E-state index contributed by atoms with van der Waals surface area (Å²) in [4.78, 5) is 0. The molecule has 2 aromatic heterocycles. The molecule has 12 heteroatoms. The molecule has 5 rings (SSSR count). The topological polar surface area (TPSA) is 108 Å². The first-order valence-corrected chi connectivity index (χ1v) is 11.6. The second-order valence-corrected chi connectivity index (χ2v) is 8.25. The number of tetrazole rings is 2. The van der Waals surface area contributed by atoms with Gasteiger partial charge in [-0.15, -0.1) is 17.5 Å². The summed E-state index contributed by atoms with van der Waals surface area (Å²) >= 11 is 1.60. The maximum atomic E-state index is 5.95. The molecule has 0 aliphatic carbocycles. The molecule has 0 saturated heterocycles. The molecule has 0 aliphatic heterocycles. The average molecular weight is 508 g/mol. The average Bonchev–Trinajstić information content (AvgIpc) is 3.55. The summed E-state index contributed by atoms with van der Waals surface area (Å²) in [6.07, 6.45) is 0. The normalized spacial score (nSPS) is 10.6. The van der Waals surface area contributed by atoms with E-state index in [0.717, 1.165) is 34.4 Å². The third-order valence-electron chi connectivity index (χ3n) is 4.83. The van der Waals surface area contributed by atoms with Gasteiger partial charge < -0.3 is 10.1 Å². The molecule has 0 aliphatic rings. The van der Waals surface area contributed by atoms with Crippen LogP contribution in [0.3, 0.4) is 0 Å². The maximum absolute atomic E-state index is 5.95. The van der Waals surface area contributed by atoms with Crippen LogP contribution >= 0.6 is 24.2 Å². The SMILES string of the molecule is Cl.c1ccc(-n2nnnc2Oc2cccc(CNCCSc3nnnn3-c3ccccc3)c2)cc1. The first kappa shape index (κ1) is 24.3. The van der Waals surface area contributed by atoms with Gasteiger partial charge in [-0.3, -0.25) is 0 Å². The van der Waals surface area contributed by atoms with Gasteiger partial charge >= 0.3 is 6.01 Å². The minimum absolute atomic E-state index is 0. The van der Waals surface area contributed by atoms with Gasteiger partial charge in [0.15, 0.2) is 0 Å². The number of para-hydroxylation sites is 2. The number of benzene rings is 3. The van der Waals surface area contributed by atoms with E-state index in [4.69, 9.17) is 4.74 Å². The van der Waals surface area contributed by atoms with E-state index in [-0.39, 0.29) is 12.4 Å². The summed E-state index contributed by atoms with van der Waals surface area (Å²) in [5.74, 6) is 1.50. The van der Waals surface area contributed by atoms with Gasteiger partial charge in [-0.2, -0.15) is 9.36 Å². The number of thioether (sulfide) groups is 1. The number of halogens is 1. The number of nitrogens with one attached hydrogen (secondary N) is 1. The van der Waals surface area contributed by atoms with Gasteiger partial charge in [0.2, 0.25) is 5.16 Å². The van der Waals surface area contributed by atoms with Crippen LogP contribution in [0.25, 0.3) is 11.4 Å². The van der Waals surface area contributed by atoms with Crippen LogP contribution in [0.2, 0.25) is 0 Å². The summed E-state index contributed by atoms with van der Waals surface area (Å²) < 4.78 is 9.25. The second-order valence-electron chi connectivity index (χ2n) is 7.19. The summed E-state index contributed by atoms with van der Waals surface area (Å²) in [6.45, 7) is 1.49. The Morgan fingerprint density at radius 2 is 1.46 bits per heavy atom. The minimum Gasteiger partial charge on any atom is -0.423 e. The number of aromatic nitrogens is 8. The van der Waals surface area contributed by atoms with Crippen LogP contribution in [0.15, 0.2) is 90.1 Å². The van der Waals surface area contributed by atoms with Gasteiger partial charge in [0.1, 0.15) is 5.75 Å². The lowest BCUT2D eigenvalue weighted by molar-refractivity contribution is 0.426. The lowest BCUT2D eigenvalue weighted by Gasteiger charge is -2.09. The molecule has 0 fully saturated rings. The van der Waals surface area contributed by atoms with Crippen molar-refractivity contribution in [1.82, 2.24) is 45.7 Å². The van der Waals surface area contributed by atoms with Crippen molar-refractivity contribution >= 4 is 24.2 Å². The highest BCUT2D eigenvalue weighted by atomic mass is 35.5. The van der Waals surface area contributed by atoms with Crippen LogP contribution in [0, 0.1) is 0 Å². The molecule has 0 spiro atoms. The molecule has 1 N–H and O–H groups in total. The van der Waals surface area contributed by atoms with Crippen LogP contribution in [-0.4, -0.2) is 52.7 Å². The number of nitrogens with zero attached hydrogens (tertiary/aromatic N) is 8. The Kier molecular flexibility index (Phi) is 8.39. The summed E-state index contributed by atoms with van der Waals surface area (Å²) in [7, 11) is 0. The van der Waals surface area contributed by atoms with Crippen molar-refractivity contribution in [2.75, 3.05) is 12.3 Å². The molecule has 0 radical (unpaired) electrons. The molecule has 3 aromatic carbocycles. The Bertz CT molecular complexity index is 1330. The van der Waals surface area contributed by atoms with Crippen LogP contribution in [0.1, 0.15) is 5.56 Å². The van der Waals surface area contributed by atoms with Gasteiger partial charge in [0.05, 0.1) is 11.4 Å². The molecule has 0 bridgehead atoms. The minimum atomic E-state index is 0. The van der Waals surface area contributed by atoms with E-state index in [1.54, 1.807) is 21.1 Å². The zero-order chi connectivity index (χ0) is 23.0. The third kappa shape index (κ3) is 6.21. The van der Waals surface area contributed by atoms with Crippen molar-refractivity contribution in [3.05, 3.63) is 90.5 Å². The van der Waals surface area contributed by atoms with Crippen molar-refractivity contribution in [3.63, 3.8) is 0 Å². The Balaban J connectivity index is 0.00000289. The van der Waals surface area contributed by atoms with Gasteiger partial charge in [0.25, 0.3) is 0 Å². The monoisotopic (exact) mass is 507 g/mol. The van der Waals surface area contributed by atoms with E-state index in [2.05, 4.69) is 36.4 Å². The largest absolute Gasteiger partial charge is 0.423 e. The van der Waals surface area contributed by atoms with Crippen molar-refractivity contribution in [1.29, 1.82) is 0 Å². The Morgan fingerprint density at radius 3 is 2.23 bits per heavy atom. The van der Waals surface area contributed by atoms with Gasteiger partial charge in [-0.05, 0) is 62.8 Å². The fourth-order valence-corrected chi connectivity index (χ4v) is 4.03. The molecule has 178 valence electrons. The van der Waals surface area contributed by atoms with Gasteiger partial charge in [0, 0.05) is 18.8 Å². The molecule has 0 atom stereocenters. The van der Waals surface area contributed by atoms with E-state index >= 15 is 0 Å². The summed E-state index contributed by atoms with van der Waals surface area (Å²) in [5, 5.41) is 28.0. The van der Waals surface area contributed by atoms with E-state index in [1.165, 1.54) is 0 Å². The molecule has 10 nitrogen and oxygen atoms in total. The molecule has 0 unspecified atom stereocenters. The lowest BCUT2D eigenvalue weighted by Crippen LogP contribution is -2.16. The molecular formula is C23H22ClN9OS. The molecule has 35 heavy (non-hydrogen) atoms. The van der Waals surface area contributed by atoms with Crippen LogP contribution in [0.4, 0.5) is 0 Å². The van der Waals surface area contributed by atoms with Crippen molar-refractivity contribution in [3.8, 4) is 23.1 Å². The van der Waals surface area contributed by atoms with Gasteiger partial charge in [-0.25, -0.2) is 0 Å². The standard InChI is InChI=1S/C23H21N9OS.ClH/c1-3-9-19(10-4-1)31-22(25-27-29-31)33-21-13-7-8-18(16-21)17-24-14-15-34-23-26-28-30-32(23)20-11-5-2-6-12-20;/h1-13,16,24H,14-15,17H2;1H. The molecule has 0 saturated carbocycles. The number of rotatable bonds is 10. The van der Waals surface area contributed by atoms with Gasteiger partial charge in [-0.1, -0.05) is 65.4 Å².